The Labute approximate surface area is 94.6 Å². The van der Waals surface area contributed by atoms with Gasteiger partial charge in [-0.2, -0.15) is 0 Å². The molecular weight excluding hydrogens is 260 g/mol. The highest BCUT2D eigenvalue weighted by Gasteiger charge is 2.03. The van der Waals surface area contributed by atoms with Gasteiger partial charge in [-0.05, 0) is 28.9 Å². The van der Waals surface area contributed by atoms with E-state index in [2.05, 4.69) is 21.1 Å². The molecule has 15 heavy (non-hydrogen) atoms. The molecule has 0 aromatic carbocycles. The third-order valence-corrected chi connectivity index (χ3v) is 2.50. The number of rotatable bonds is 2. The Morgan fingerprint density at radius 2 is 2.40 bits per heavy atom. The smallest absolute Gasteiger partial charge is 0.253 e. The van der Waals surface area contributed by atoms with Crippen LogP contribution in [0.25, 0.3) is 0 Å². The number of aromatic nitrogens is 2. The summed E-state index contributed by atoms with van der Waals surface area (Å²) in [6.07, 6.45) is 4.88. The highest BCUT2D eigenvalue weighted by atomic mass is 79.9. The summed E-state index contributed by atoms with van der Waals surface area (Å²) in [5.74, 6) is 0. The fourth-order valence-corrected chi connectivity index (χ4v) is 1.95. The molecule has 0 radical (unpaired) electrons. The van der Waals surface area contributed by atoms with Crippen molar-refractivity contribution < 1.29 is 4.52 Å². The lowest BCUT2D eigenvalue weighted by Gasteiger charge is -2.05. The predicted molar refractivity (Wildman–Crippen MR) is 58.7 cm³/mol. The zero-order valence-electron chi connectivity index (χ0n) is 8.11. The van der Waals surface area contributed by atoms with Gasteiger partial charge in [0.1, 0.15) is 6.26 Å². The largest absolute Gasteiger partial charge is 0.364 e. The van der Waals surface area contributed by atoms with Crippen LogP contribution in [0.4, 0.5) is 0 Å². The quantitative estimate of drug-likeness (QED) is 0.837. The van der Waals surface area contributed by atoms with Crippen LogP contribution in [0.15, 0.2) is 38.5 Å². The molecule has 0 saturated carbocycles. The molecule has 0 spiro atoms. The van der Waals surface area contributed by atoms with E-state index in [1.165, 1.54) is 6.26 Å². The van der Waals surface area contributed by atoms with Crippen LogP contribution in [0, 0.1) is 6.92 Å². The number of hydrogen-bond donors (Lipinski definition) is 0. The lowest BCUT2D eigenvalue weighted by atomic mass is 10.3. The van der Waals surface area contributed by atoms with Gasteiger partial charge in [0.2, 0.25) is 0 Å². The van der Waals surface area contributed by atoms with E-state index in [-0.39, 0.29) is 5.56 Å². The number of halogens is 1. The molecular formula is C10H9BrN2O2. The summed E-state index contributed by atoms with van der Waals surface area (Å²) in [5, 5.41) is 3.59. The van der Waals surface area contributed by atoms with Crippen molar-refractivity contribution in [3.05, 3.63) is 50.7 Å². The minimum Gasteiger partial charge on any atom is -0.364 e. The van der Waals surface area contributed by atoms with E-state index in [1.807, 2.05) is 0 Å². The lowest BCUT2D eigenvalue weighted by Crippen LogP contribution is -2.21. The molecule has 2 aromatic rings. The summed E-state index contributed by atoms with van der Waals surface area (Å²) in [6, 6.07) is 1.80. The molecule has 0 aliphatic carbocycles. The van der Waals surface area contributed by atoms with Gasteiger partial charge in [-0.15, -0.1) is 0 Å². The van der Waals surface area contributed by atoms with Gasteiger partial charge in [0.05, 0.1) is 12.7 Å². The number of aryl methyl sites for hydroxylation is 1. The average Bonchev–Trinajstić information content (AvgIpc) is 2.66. The Hall–Kier alpha value is -1.36. The van der Waals surface area contributed by atoms with Gasteiger partial charge in [0, 0.05) is 21.8 Å². The summed E-state index contributed by atoms with van der Waals surface area (Å²) in [7, 11) is 0. The normalized spacial score (nSPS) is 10.5. The molecule has 2 aromatic heterocycles. The van der Waals surface area contributed by atoms with E-state index in [9.17, 15) is 4.79 Å². The fraction of sp³-hybridized carbons (Fsp3) is 0.200. The zero-order chi connectivity index (χ0) is 10.8. The van der Waals surface area contributed by atoms with Crippen LogP contribution in [0.1, 0.15) is 11.1 Å². The second-order valence-electron chi connectivity index (χ2n) is 3.31. The topological polar surface area (TPSA) is 48.0 Å². The van der Waals surface area contributed by atoms with Crippen LogP contribution >= 0.6 is 15.9 Å². The van der Waals surface area contributed by atoms with Gasteiger partial charge in [0.15, 0.2) is 0 Å². The minimum atomic E-state index is -0.000556. The molecule has 0 N–H and O–H groups in total. The van der Waals surface area contributed by atoms with Crippen LogP contribution in [0.3, 0.4) is 0 Å². The Kier molecular flexibility index (Phi) is 2.73. The summed E-state index contributed by atoms with van der Waals surface area (Å²) in [6.45, 7) is 2.26. The zero-order valence-corrected chi connectivity index (χ0v) is 9.69. The molecule has 0 saturated heterocycles. The van der Waals surface area contributed by atoms with Crippen molar-refractivity contribution in [2.45, 2.75) is 13.5 Å². The fourth-order valence-electron chi connectivity index (χ4n) is 1.36. The van der Waals surface area contributed by atoms with Gasteiger partial charge < -0.3 is 9.09 Å². The predicted octanol–water partition coefficient (Wildman–Crippen LogP) is 1.96. The maximum atomic E-state index is 11.7. The Bertz CT molecular complexity index is 517. The highest BCUT2D eigenvalue weighted by Crippen LogP contribution is 2.09. The van der Waals surface area contributed by atoms with Crippen LogP contribution < -0.4 is 5.56 Å². The Morgan fingerprint density at radius 1 is 1.60 bits per heavy atom. The van der Waals surface area contributed by atoms with Crippen LogP contribution in [0.5, 0.6) is 0 Å². The number of nitrogens with zero attached hydrogens (tertiary/aromatic N) is 2. The lowest BCUT2D eigenvalue weighted by molar-refractivity contribution is 0.418. The molecule has 0 atom stereocenters. The standard InChI is InChI=1S/C10H9BrN2O2/c1-7-2-9(11)5-13(10(7)14)4-8-3-12-15-6-8/h2-3,5-6H,4H2,1H3. The molecule has 5 heteroatoms. The number of hydrogen-bond acceptors (Lipinski definition) is 3. The van der Waals surface area contributed by atoms with Gasteiger partial charge >= 0.3 is 0 Å². The maximum absolute atomic E-state index is 11.7. The van der Waals surface area contributed by atoms with Gasteiger partial charge in [-0.1, -0.05) is 5.16 Å². The first-order valence-electron chi connectivity index (χ1n) is 4.41. The Balaban J connectivity index is 2.41. The molecule has 0 aliphatic rings. The SMILES string of the molecule is Cc1cc(Br)cn(Cc2cnoc2)c1=O. The molecule has 0 aliphatic heterocycles. The van der Waals surface area contributed by atoms with Gasteiger partial charge in [0.25, 0.3) is 5.56 Å². The molecule has 2 heterocycles. The van der Waals surface area contributed by atoms with E-state index in [0.29, 0.717) is 12.1 Å². The molecule has 4 nitrogen and oxygen atoms in total. The first kappa shape index (κ1) is 10.2. The number of pyridine rings is 1. The Morgan fingerprint density at radius 3 is 3.07 bits per heavy atom. The van der Waals surface area contributed by atoms with Gasteiger partial charge in [-0.3, -0.25) is 4.79 Å². The van der Waals surface area contributed by atoms with E-state index < -0.39 is 0 Å². The summed E-state index contributed by atoms with van der Waals surface area (Å²) >= 11 is 3.35. The average molecular weight is 269 g/mol. The van der Waals surface area contributed by atoms with Crippen LogP contribution in [-0.2, 0) is 6.54 Å². The van der Waals surface area contributed by atoms with Crippen molar-refractivity contribution in [2.24, 2.45) is 0 Å². The third-order valence-electron chi connectivity index (χ3n) is 2.07. The summed E-state index contributed by atoms with van der Waals surface area (Å²) in [5.41, 5.74) is 1.58. The van der Waals surface area contributed by atoms with Crippen molar-refractivity contribution in [2.75, 3.05) is 0 Å². The van der Waals surface area contributed by atoms with Crippen LogP contribution in [-0.4, -0.2) is 9.72 Å². The first-order chi connectivity index (χ1) is 7.16. The second kappa shape index (κ2) is 4.02. The summed E-state index contributed by atoms with van der Waals surface area (Å²) in [4.78, 5) is 11.7. The molecule has 0 amide bonds. The molecule has 2 rings (SSSR count). The van der Waals surface area contributed by atoms with Crippen molar-refractivity contribution in [1.82, 2.24) is 9.72 Å². The van der Waals surface area contributed by atoms with Gasteiger partial charge in [-0.25, -0.2) is 0 Å². The van der Waals surface area contributed by atoms with Crippen molar-refractivity contribution >= 4 is 15.9 Å². The third kappa shape index (κ3) is 2.18. The maximum Gasteiger partial charge on any atom is 0.253 e. The first-order valence-corrected chi connectivity index (χ1v) is 5.21. The van der Waals surface area contributed by atoms with E-state index in [4.69, 9.17) is 4.52 Å². The highest BCUT2D eigenvalue weighted by molar-refractivity contribution is 9.10. The van der Waals surface area contributed by atoms with Crippen LogP contribution in [0.2, 0.25) is 0 Å². The van der Waals surface area contributed by atoms with E-state index in [0.717, 1.165) is 10.0 Å². The van der Waals surface area contributed by atoms with Crippen molar-refractivity contribution in [1.29, 1.82) is 0 Å². The van der Waals surface area contributed by atoms with Crippen molar-refractivity contribution in [3.8, 4) is 0 Å². The van der Waals surface area contributed by atoms with E-state index in [1.54, 1.807) is 30.0 Å². The molecule has 0 bridgehead atoms. The molecule has 78 valence electrons. The van der Waals surface area contributed by atoms with Crippen molar-refractivity contribution in [3.63, 3.8) is 0 Å². The second-order valence-corrected chi connectivity index (χ2v) is 4.22. The summed E-state index contributed by atoms with van der Waals surface area (Å²) < 4.78 is 7.21. The minimum absolute atomic E-state index is 0.000556. The van der Waals surface area contributed by atoms with E-state index >= 15 is 0 Å². The monoisotopic (exact) mass is 268 g/mol. The molecule has 0 unspecified atom stereocenters. The molecule has 0 fully saturated rings.